The van der Waals surface area contributed by atoms with Crippen molar-refractivity contribution < 1.29 is 124 Å². The number of aliphatic hydroxyl groups excluding tert-OH is 2. The number of nitrogens with one attached hydrogen (secondary N) is 2. The number of nitrogens with two attached hydrogens (primary N) is 3. The number of rotatable bonds is 12. The quantitative estimate of drug-likeness (QED) is 0.0564. The number of hydrogen-bond donors (Lipinski definition) is 8. The molecule has 0 unspecified atom stereocenters. The van der Waals surface area contributed by atoms with Gasteiger partial charge in [-0.15, -0.1) is 0 Å². The lowest BCUT2D eigenvalue weighted by atomic mass is 9.86. The number of hydrogen-bond acceptors (Lipinski definition) is 18. The molecule has 3 atom stereocenters. The fraction of sp³-hybridized carbons (Fsp3) is 0.504. The van der Waals surface area contributed by atoms with E-state index in [0.29, 0.717) is 112 Å². The number of pyridine rings is 4. The summed E-state index contributed by atoms with van der Waals surface area (Å²) in [6, 6.07) is 42.0. The number of aliphatic hydroxyl groups is 2. The average molecular weight is 2150 g/mol. The number of carboxylic acids is 1. The molecule has 27 nitrogen and oxygen atoms in total. The molecule has 8 aromatic heterocycles. The molecule has 5 saturated heterocycles. The summed E-state index contributed by atoms with van der Waals surface area (Å²) in [5, 5.41) is 43.0. The molecule has 17 rings (SSSR count). The van der Waals surface area contributed by atoms with E-state index in [2.05, 4.69) is 207 Å². The summed E-state index contributed by atoms with van der Waals surface area (Å²) in [5.74, 6) is -1.23. The molecule has 0 spiro atoms. The molecule has 12 aromatic rings. The number of amides is 5. The summed E-state index contributed by atoms with van der Waals surface area (Å²) in [6.45, 7) is 71.8. The van der Waals surface area contributed by atoms with Crippen LogP contribution >= 0.6 is 11.6 Å². The molecular weight excluding hydrogens is 1990 g/mol. The summed E-state index contributed by atoms with van der Waals surface area (Å²) < 4.78 is 51.1. The van der Waals surface area contributed by atoms with E-state index in [1.165, 1.54) is 29.8 Å². The molecule has 13 heterocycles. The normalized spacial score (nSPS) is 17.1. The Bertz CT molecular complexity index is 6550. The highest BCUT2D eigenvalue weighted by atomic mass is 35.5. The largest absolute Gasteiger partial charge is 1.00 e. The maximum absolute atomic E-state index is 13.8. The number of aromatic carboxylic acids is 1. The second kappa shape index (κ2) is 48.7. The van der Waals surface area contributed by atoms with Gasteiger partial charge in [0.05, 0.1) is 98.3 Å². The first kappa shape index (κ1) is 123. The summed E-state index contributed by atoms with van der Waals surface area (Å²) in [5.41, 5.74) is 16.0. The molecule has 0 aliphatic carbocycles. The van der Waals surface area contributed by atoms with Crippen molar-refractivity contribution in [2.45, 2.75) is 276 Å². The zero-order valence-corrected chi connectivity index (χ0v) is 96.0. The summed E-state index contributed by atoms with van der Waals surface area (Å²) in [4.78, 5) is 103. The standard InChI is InChI=1S/C25H30FN3O2.C25H31N3O2.C24H28FN3O2.C18H16ClNO3.C13H26N2O2.C12H24N2O2.3ClH/c1-15-11-16(7-8-18(15)26)19-12-17(24(2,3)4)22-20(28-19)13-21(31-22)23(30)29-10-9-27-14-25(29,5)6;1-16-7-9-17(10-8-16)19-13-18(24(2,3)4)22-20(27-19)14-21(30-22)23(29)28-12-11-26-15-25(28,5)6;1-23(2,3)17-12-18(15-6-8-16(25)9-7-15)27-19-13-20(30-21(17)19)22(29)28-11-10-26-14-24(28,4)5;1-18(2,3)12-8-13(10-4-6-11(19)7-5-10)20-14-9-15(17(21)22)23-16(12)14;1-12(2,3)8-10(16)11(17)15-7-6-14-13(4,5)9-15;1-9-8-13-5-6-14(9)11(16)10(15)7-12(2,3)4;;;/h7-8,11-13,27H,9-10,14H2,1-6H3;7-10,13-14,26H,11-12,15H2,1-6H3;6-9,12-13,26H,10-11,14H2,1-5H3;4-9H,1-3H3,(H,21,22);10,14,16H,6-9H2,1-5H3;9-10,13,15H,5-8H2,1-4H3;3*1H/t;;;;10-;9-,10+;;;/m....10.../s1. The zero-order chi connectivity index (χ0) is 108. The van der Waals surface area contributed by atoms with Gasteiger partial charge in [-0.05, 0) is 206 Å². The minimum absolute atomic E-state index is 0. The van der Waals surface area contributed by atoms with E-state index < -0.39 is 18.2 Å². The molecular formula is C117H158Cl4F2N14O13. The van der Waals surface area contributed by atoms with E-state index in [1.807, 2.05) is 99.6 Å². The van der Waals surface area contributed by atoms with Crippen LogP contribution in [0.4, 0.5) is 8.78 Å². The fourth-order valence-electron chi connectivity index (χ4n) is 19.1. The van der Waals surface area contributed by atoms with Crippen LogP contribution in [0.15, 0.2) is 157 Å². The molecule has 0 bridgehead atoms. The van der Waals surface area contributed by atoms with Crippen molar-refractivity contribution in [2.75, 3.05) is 98.2 Å². The van der Waals surface area contributed by atoms with Crippen molar-refractivity contribution in [1.82, 2.24) is 55.1 Å². The number of aryl methyl sites for hydroxylation is 2. The van der Waals surface area contributed by atoms with Gasteiger partial charge in [0.25, 0.3) is 29.5 Å². The number of halogens is 6. The number of carboxylic acid groups (broad SMARTS) is 1. The van der Waals surface area contributed by atoms with Crippen LogP contribution in [-0.4, -0.2) is 234 Å². The first-order valence-corrected chi connectivity index (χ1v) is 51.9. The van der Waals surface area contributed by atoms with Gasteiger partial charge in [-0.1, -0.05) is 178 Å². The Morgan fingerprint density at radius 1 is 0.440 bits per heavy atom. The third kappa shape index (κ3) is 30.9. The predicted octanol–water partition coefficient (Wildman–Crippen LogP) is 9.42. The number of piperazine rings is 5. The molecule has 5 fully saturated rings. The van der Waals surface area contributed by atoms with Gasteiger partial charge in [0.1, 0.15) is 45.9 Å². The van der Waals surface area contributed by atoms with E-state index in [1.54, 1.807) is 65.3 Å². The second-order valence-corrected chi connectivity index (χ2v) is 49.5. The number of aromatic nitrogens is 4. The number of nitrogens with zero attached hydrogens (tertiary/aromatic N) is 9. The van der Waals surface area contributed by atoms with Crippen LogP contribution in [0.1, 0.15) is 275 Å². The van der Waals surface area contributed by atoms with Gasteiger partial charge in [0.15, 0.2) is 39.6 Å². The predicted molar refractivity (Wildman–Crippen MR) is 577 cm³/mol. The van der Waals surface area contributed by atoms with Gasteiger partial charge in [-0.2, -0.15) is 0 Å². The first-order chi connectivity index (χ1) is 68.3. The van der Waals surface area contributed by atoms with E-state index in [0.717, 1.165) is 138 Å². The maximum Gasteiger partial charge on any atom is 0.371 e. The van der Waals surface area contributed by atoms with Gasteiger partial charge < -0.3 is 121 Å². The molecule has 150 heavy (non-hydrogen) atoms. The number of fused-ring (bicyclic) bond motifs is 4. The average Bonchev–Trinajstić information content (AvgIpc) is 1.61. The molecule has 4 aromatic carbocycles. The van der Waals surface area contributed by atoms with Crippen molar-refractivity contribution in [1.29, 1.82) is 0 Å². The lowest BCUT2D eigenvalue weighted by molar-refractivity contribution is -0.673. The van der Waals surface area contributed by atoms with Crippen molar-refractivity contribution in [3.8, 4) is 45.0 Å². The Kier molecular flexibility index (Phi) is 39.8. The summed E-state index contributed by atoms with van der Waals surface area (Å²) in [7, 11) is 0. The number of carbonyl (C=O) groups excluding carboxylic acids is 5. The van der Waals surface area contributed by atoms with Crippen LogP contribution < -0.4 is 63.8 Å². The third-order valence-corrected chi connectivity index (χ3v) is 27.7. The Balaban J connectivity index is 0.000000202. The van der Waals surface area contributed by atoms with Crippen molar-refractivity contribution >= 4 is 91.5 Å². The first-order valence-electron chi connectivity index (χ1n) is 51.5. The van der Waals surface area contributed by atoms with Crippen molar-refractivity contribution in [2.24, 2.45) is 10.8 Å². The Hall–Kier alpha value is -10.8. The summed E-state index contributed by atoms with van der Waals surface area (Å²) >= 11 is 5.94. The van der Waals surface area contributed by atoms with E-state index in [-0.39, 0.29) is 145 Å². The van der Waals surface area contributed by atoms with E-state index in [9.17, 15) is 47.8 Å². The Morgan fingerprint density at radius 2 is 0.767 bits per heavy atom. The minimum Gasteiger partial charge on any atom is -1.00 e. The van der Waals surface area contributed by atoms with Crippen LogP contribution in [0, 0.1) is 36.3 Å². The molecule has 11 N–H and O–H groups in total. The summed E-state index contributed by atoms with van der Waals surface area (Å²) in [6.07, 6.45) is -0.706. The molecule has 816 valence electrons. The topological polar surface area (TPSA) is 357 Å². The molecule has 5 amide bonds. The zero-order valence-electron chi connectivity index (χ0n) is 93.0. The van der Waals surface area contributed by atoms with Crippen molar-refractivity contribution in [3.63, 3.8) is 0 Å². The van der Waals surface area contributed by atoms with Crippen LogP contribution in [0.3, 0.4) is 0 Å². The second-order valence-electron chi connectivity index (χ2n) is 49.0. The van der Waals surface area contributed by atoms with E-state index in [4.69, 9.17) is 49.3 Å². The van der Waals surface area contributed by atoms with Gasteiger partial charge in [0, 0.05) is 125 Å². The number of furan rings is 4. The van der Waals surface area contributed by atoms with Crippen LogP contribution in [-0.2, 0) is 31.2 Å². The van der Waals surface area contributed by atoms with Crippen LogP contribution in [0.5, 0.6) is 0 Å². The monoisotopic (exact) mass is 2150 g/mol. The molecule has 0 saturated carbocycles. The van der Waals surface area contributed by atoms with Crippen LogP contribution in [0.25, 0.3) is 89.4 Å². The molecule has 0 radical (unpaired) electrons. The van der Waals surface area contributed by atoms with Crippen LogP contribution in [0.2, 0.25) is 5.02 Å². The van der Waals surface area contributed by atoms with Gasteiger partial charge in [-0.3, -0.25) is 24.0 Å². The maximum atomic E-state index is 13.8. The lowest BCUT2D eigenvalue weighted by Crippen LogP contribution is -3.00. The lowest BCUT2D eigenvalue weighted by Gasteiger charge is -2.40. The Morgan fingerprint density at radius 3 is 1.09 bits per heavy atom. The Labute approximate surface area is 906 Å². The highest BCUT2D eigenvalue weighted by Gasteiger charge is 2.43. The number of carbonyl (C=O) groups is 6. The highest BCUT2D eigenvalue weighted by molar-refractivity contribution is 6.30. The fourth-order valence-corrected chi connectivity index (χ4v) is 19.3. The third-order valence-electron chi connectivity index (χ3n) is 27.5. The van der Waals surface area contributed by atoms with Crippen molar-refractivity contribution in [3.05, 3.63) is 213 Å². The molecule has 5 aliphatic heterocycles. The van der Waals surface area contributed by atoms with Gasteiger partial charge in [0.2, 0.25) is 5.76 Å². The smallest absolute Gasteiger partial charge is 0.371 e. The minimum atomic E-state index is -1.10. The number of benzene rings is 4. The van der Waals surface area contributed by atoms with Gasteiger partial charge >= 0.3 is 5.97 Å². The number of quaternary nitrogens is 3. The SMILES string of the molecule is CC(C)(C)C[C@@H](O)C(=O)N1CCNC(C)(C)C1.CC(C)(C)c1cc(-c2ccc(Cl)cc2)nc2cc(C(=O)O)oc12.CC(C)(C)c1cc(-c2ccc(F)cc2)nc2cc(C(=O)N3CC[NH2+]CC3(C)C)oc12.C[C@H]1CNCCN1C(=O)[C@H](O)CC(C)(C)C.Cc1cc(-c2cc(C(C)(C)C)c3oc(C(=O)N4CC[NH2+]CC4(C)C)cc3n2)ccc1F.Cc1ccc(-c2cc(C(C)(C)C)c3oc(C(=O)N4CC[NH2+]CC4(C)C)cc3n2)cc1.[Cl-].[Cl-].[Cl-]. The highest BCUT2D eigenvalue weighted by Crippen LogP contribution is 2.42. The van der Waals surface area contributed by atoms with E-state index >= 15 is 0 Å². The molecule has 33 heteroatoms. The van der Waals surface area contributed by atoms with Gasteiger partial charge in [-0.25, -0.2) is 33.5 Å². The molecule has 5 aliphatic rings.